The number of aryl methyl sites for hydroxylation is 1. The molecule has 16 heavy (non-hydrogen) atoms. The molecule has 0 saturated heterocycles. The first-order valence-corrected chi connectivity index (χ1v) is 5.70. The van der Waals surface area contributed by atoms with Gasteiger partial charge in [0.15, 0.2) is 5.78 Å². The average molecular weight is 219 g/mol. The van der Waals surface area contributed by atoms with Gasteiger partial charge in [0.2, 0.25) is 0 Å². The molecule has 3 nitrogen and oxygen atoms in total. The molecule has 0 amide bonds. The van der Waals surface area contributed by atoms with Gasteiger partial charge in [0.1, 0.15) is 5.75 Å². The molecular formula is C13H17NO2. The number of ketones is 1. The highest BCUT2D eigenvalue weighted by atomic mass is 16.5. The van der Waals surface area contributed by atoms with Crippen molar-refractivity contribution in [2.75, 3.05) is 13.7 Å². The third-order valence-corrected chi connectivity index (χ3v) is 3.03. The van der Waals surface area contributed by atoms with Gasteiger partial charge in [-0.3, -0.25) is 4.79 Å². The van der Waals surface area contributed by atoms with Crippen LogP contribution in [-0.2, 0) is 6.42 Å². The Balaban J connectivity index is 2.37. The minimum absolute atomic E-state index is 0.0984. The smallest absolute Gasteiger partial charge is 0.183 e. The van der Waals surface area contributed by atoms with Crippen LogP contribution in [0.5, 0.6) is 5.75 Å². The summed E-state index contributed by atoms with van der Waals surface area (Å²) in [5.74, 6) is 0.891. The van der Waals surface area contributed by atoms with Crippen molar-refractivity contribution in [2.45, 2.75) is 25.8 Å². The summed E-state index contributed by atoms with van der Waals surface area (Å²) < 4.78 is 5.62. The number of hydrogen-bond donors (Lipinski definition) is 1. The van der Waals surface area contributed by atoms with E-state index in [4.69, 9.17) is 4.74 Å². The highest BCUT2D eigenvalue weighted by molar-refractivity contribution is 6.02. The highest BCUT2D eigenvalue weighted by Crippen LogP contribution is 2.29. The number of carbonyl (C=O) groups is 1. The Bertz CT molecular complexity index is 401. The van der Waals surface area contributed by atoms with E-state index < -0.39 is 0 Å². The molecule has 0 aliphatic carbocycles. The van der Waals surface area contributed by atoms with Crippen LogP contribution in [0.2, 0.25) is 0 Å². The van der Waals surface area contributed by atoms with Crippen molar-refractivity contribution < 1.29 is 9.53 Å². The molecule has 1 unspecified atom stereocenters. The van der Waals surface area contributed by atoms with Crippen molar-refractivity contribution in [3.63, 3.8) is 0 Å². The number of hydrogen-bond acceptors (Lipinski definition) is 3. The molecule has 1 aliphatic heterocycles. The molecule has 0 aromatic heterocycles. The molecule has 1 aromatic carbocycles. The van der Waals surface area contributed by atoms with Gasteiger partial charge in [0.25, 0.3) is 0 Å². The number of rotatable bonds is 3. The number of fused-ring (bicyclic) bond motifs is 1. The van der Waals surface area contributed by atoms with Crippen LogP contribution in [0, 0.1) is 0 Å². The van der Waals surface area contributed by atoms with Crippen LogP contribution in [0.15, 0.2) is 18.2 Å². The maximum absolute atomic E-state index is 12.1. The molecule has 1 N–H and O–H groups in total. The van der Waals surface area contributed by atoms with Crippen LogP contribution in [0.3, 0.4) is 0 Å². The molecule has 1 aliphatic rings. The lowest BCUT2D eigenvalue weighted by Gasteiger charge is -2.21. The zero-order valence-corrected chi connectivity index (χ0v) is 9.75. The van der Waals surface area contributed by atoms with E-state index in [1.54, 1.807) is 7.05 Å². The van der Waals surface area contributed by atoms with Crippen LogP contribution in [-0.4, -0.2) is 25.5 Å². The SMILES string of the molecule is CNC(C)C(=O)c1cccc2c1OCCC2. The molecule has 2 rings (SSSR count). The number of Topliss-reactive ketones (excluding diaryl/α,β-unsaturated/α-hetero) is 1. The molecule has 1 aromatic rings. The van der Waals surface area contributed by atoms with E-state index in [0.717, 1.165) is 24.2 Å². The van der Waals surface area contributed by atoms with Gasteiger partial charge in [-0.15, -0.1) is 0 Å². The van der Waals surface area contributed by atoms with Crippen LogP contribution in [0.4, 0.5) is 0 Å². The van der Waals surface area contributed by atoms with Crippen molar-refractivity contribution in [2.24, 2.45) is 0 Å². The zero-order valence-electron chi connectivity index (χ0n) is 9.75. The van der Waals surface area contributed by atoms with Gasteiger partial charge in [-0.1, -0.05) is 12.1 Å². The Kier molecular flexibility index (Phi) is 3.25. The molecule has 0 saturated carbocycles. The van der Waals surface area contributed by atoms with Gasteiger partial charge >= 0.3 is 0 Å². The number of para-hydroxylation sites is 1. The van der Waals surface area contributed by atoms with E-state index in [-0.39, 0.29) is 11.8 Å². The van der Waals surface area contributed by atoms with E-state index in [2.05, 4.69) is 5.32 Å². The van der Waals surface area contributed by atoms with E-state index >= 15 is 0 Å². The summed E-state index contributed by atoms with van der Waals surface area (Å²) in [6.45, 7) is 2.58. The lowest BCUT2D eigenvalue weighted by molar-refractivity contribution is 0.0950. The molecule has 0 fully saturated rings. The largest absolute Gasteiger partial charge is 0.493 e. The maximum atomic E-state index is 12.1. The van der Waals surface area contributed by atoms with Crippen molar-refractivity contribution in [1.29, 1.82) is 0 Å². The van der Waals surface area contributed by atoms with Crippen LogP contribution < -0.4 is 10.1 Å². The number of ether oxygens (including phenoxy) is 1. The molecule has 1 heterocycles. The lowest BCUT2D eigenvalue weighted by Crippen LogP contribution is -2.31. The average Bonchev–Trinajstić information content (AvgIpc) is 2.36. The second kappa shape index (κ2) is 4.66. The molecule has 0 bridgehead atoms. The van der Waals surface area contributed by atoms with Crippen molar-refractivity contribution in [3.05, 3.63) is 29.3 Å². The lowest BCUT2D eigenvalue weighted by atomic mass is 9.97. The first-order valence-electron chi connectivity index (χ1n) is 5.70. The van der Waals surface area contributed by atoms with Crippen LogP contribution in [0.1, 0.15) is 29.3 Å². The summed E-state index contributed by atoms with van der Waals surface area (Å²) >= 11 is 0. The normalized spacial score (nSPS) is 16.1. The standard InChI is InChI=1S/C13H17NO2/c1-9(14-2)12(15)11-7-3-5-10-6-4-8-16-13(10)11/h3,5,7,9,14H,4,6,8H2,1-2H3. The molecule has 0 radical (unpaired) electrons. The molecule has 0 spiro atoms. The number of nitrogens with one attached hydrogen (secondary N) is 1. The van der Waals surface area contributed by atoms with Crippen molar-refractivity contribution in [3.8, 4) is 5.75 Å². The van der Waals surface area contributed by atoms with Gasteiger partial charge in [-0.2, -0.15) is 0 Å². The molecule has 1 atom stereocenters. The fraction of sp³-hybridized carbons (Fsp3) is 0.462. The second-order valence-electron chi connectivity index (χ2n) is 4.12. The first-order chi connectivity index (χ1) is 7.74. The van der Waals surface area contributed by atoms with E-state index in [1.165, 1.54) is 0 Å². The van der Waals surface area contributed by atoms with E-state index in [9.17, 15) is 4.79 Å². The third-order valence-electron chi connectivity index (χ3n) is 3.03. The third kappa shape index (κ3) is 1.95. The fourth-order valence-electron chi connectivity index (χ4n) is 1.95. The summed E-state index contributed by atoms with van der Waals surface area (Å²) in [5, 5.41) is 2.96. The zero-order chi connectivity index (χ0) is 11.5. The molecule has 86 valence electrons. The molecule has 3 heteroatoms. The number of carbonyl (C=O) groups excluding carboxylic acids is 1. The number of likely N-dealkylation sites (N-methyl/N-ethyl adjacent to an activating group) is 1. The Morgan fingerprint density at radius 2 is 2.31 bits per heavy atom. The Morgan fingerprint density at radius 1 is 1.50 bits per heavy atom. The number of benzene rings is 1. The minimum atomic E-state index is -0.169. The van der Waals surface area contributed by atoms with Gasteiger partial charge in [0, 0.05) is 0 Å². The highest BCUT2D eigenvalue weighted by Gasteiger charge is 2.21. The Morgan fingerprint density at radius 3 is 3.06 bits per heavy atom. The van der Waals surface area contributed by atoms with Crippen LogP contribution >= 0.6 is 0 Å². The van der Waals surface area contributed by atoms with Crippen molar-refractivity contribution in [1.82, 2.24) is 5.32 Å². The summed E-state index contributed by atoms with van der Waals surface area (Å²) in [5.41, 5.74) is 1.86. The minimum Gasteiger partial charge on any atom is -0.493 e. The second-order valence-corrected chi connectivity index (χ2v) is 4.12. The maximum Gasteiger partial charge on any atom is 0.183 e. The van der Waals surface area contributed by atoms with E-state index in [1.807, 2.05) is 25.1 Å². The van der Waals surface area contributed by atoms with Crippen molar-refractivity contribution >= 4 is 5.78 Å². The fourth-order valence-corrected chi connectivity index (χ4v) is 1.95. The quantitative estimate of drug-likeness (QED) is 0.788. The topological polar surface area (TPSA) is 38.3 Å². The molecular weight excluding hydrogens is 202 g/mol. The predicted molar refractivity (Wildman–Crippen MR) is 63.1 cm³/mol. The summed E-state index contributed by atoms with van der Waals surface area (Å²) in [6, 6.07) is 5.65. The monoisotopic (exact) mass is 219 g/mol. The van der Waals surface area contributed by atoms with Crippen LogP contribution in [0.25, 0.3) is 0 Å². The first kappa shape index (κ1) is 11.1. The van der Waals surface area contributed by atoms with Gasteiger partial charge < -0.3 is 10.1 Å². The van der Waals surface area contributed by atoms with Gasteiger partial charge in [0.05, 0.1) is 18.2 Å². The summed E-state index contributed by atoms with van der Waals surface area (Å²) in [4.78, 5) is 12.1. The summed E-state index contributed by atoms with van der Waals surface area (Å²) in [6.07, 6.45) is 2.04. The van der Waals surface area contributed by atoms with Gasteiger partial charge in [-0.05, 0) is 38.4 Å². The predicted octanol–water partition coefficient (Wildman–Crippen LogP) is 1.80. The van der Waals surface area contributed by atoms with E-state index in [0.29, 0.717) is 12.2 Å². The Hall–Kier alpha value is -1.35. The Labute approximate surface area is 95.8 Å². The summed E-state index contributed by atoms with van der Waals surface area (Å²) in [7, 11) is 1.79. The van der Waals surface area contributed by atoms with Gasteiger partial charge in [-0.25, -0.2) is 0 Å².